The molecule has 0 spiro atoms. The van der Waals surface area contributed by atoms with E-state index < -0.39 is 16.1 Å². The Morgan fingerprint density at radius 3 is 2.86 bits per heavy atom. The van der Waals surface area contributed by atoms with E-state index in [1.54, 1.807) is 6.92 Å². The van der Waals surface area contributed by atoms with Crippen LogP contribution in [0.1, 0.15) is 13.3 Å². The number of nitrogens with zero attached hydrogens (tertiary/aromatic N) is 1. The first kappa shape index (κ1) is 11.1. The first-order chi connectivity index (χ1) is 6.35. The molecule has 14 heavy (non-hydrogen) atoms. The van der Waals surface area contributed by atoms with E-state index >= 15 is 0 Å². The summed E-state index contributed by atoms with van der Waals surface area (Å²) in [5, 5.41) is 2.66. The number of alkyl halides is 1. The highest BCUT2D eigenvalue weighted by Crippen LogP contribution is 2.23. The summed E-state index contributed by atoms with van der Waals surface area (Å²) in [6.45, 7) is 1.79. The fourth-order valence-electron chi connectivity index (χ4n) is 0.959. The number of hydrogen-bond acceptors (Lipinski definition) is 5. The minimum absolute atomic E-state index is 0.520. The summed E-state index contributed by atoms with van der Waals surface area (Å²) >= 11 is 0. The molecule has 80 valence electrons. The number of halogens is 1. The van der Waals surface area contributed by atoms with Crippen molar-refractivity contribution in [2.45, 2.75) is 19.3 Å². The van der Waals surface area contributed by atoms with Crippen LogP contribution in [0.2, 0.25) is 0 Å². The molecule has 7 heteroatoms. The molecule has 0 bridgehead atoms. The molecule has 1 aliphatic rings. The molecule has 1 atom stereocenters. The lowest BCUT2D eigenvalue weighted by atomic mass is 10.3. The molecule has 5 nitrogen and oxygen atoms in total. The van der Waals surface area contributed by atoms with E-state index in [0.717, 1.165) is 18.7 Å². The maximum atomic E-state index is 13.6. The lowest BCUT2D eigenvalue weighted by molar-refractivity contribution is -0.000776. The average Bonchev–Trinajstić information content (AvgIpc) is 1.99. The van der Waals surface area contributed by atoms with Crippen molar-refractivity contribution in [1.82, 2.24) is 5.32 Å². The molecule has 1 aliphatic heterocycles. The zero-order valence-corrected chi connectivity index (χ0v) is 8.64. The Morgan fingerprint density at radius 1 is 1.71 bits per heavy atom. The van der Waals surface area contributed by atoms with Gasteiger partial charge in [-0.1, -0.05) is 6.92 Å². The minimum atomic E-state index is -3.87. The van der Waals surface area contributed by atoms with Crippen molar-refractivity contribution in [3.8, 4) is 0 Å². The van der Waals surface area contributed by atoms with Crippen molar-refractivity contribution in [1.29, 1.82) is 0 Å². The SMILES string of the molecule is CCC1=CC(F)(OS(C)(=O)=O)N=CN1. The van der Waals surface area contributed by atoms with Crippen molar-refractivity contribution in [2.75, 3.05) is 6.26 Å². The summed E-state index contributed by atoms with van der Waals surface area (Å²) in [6.07, 6.45) is 3.37. The number of hydrogen-bond donors (Lipinski definition) is 1. The molecular weight excluding hydrogens is 211 g/mol. The molecule has 0 radical (unpaired) electrons. The molecular formula is C7H11FN2O3S. The third-order valence-electron chi connectivity index (χ3n) is 1.49. The standard InChI is InChI=1S/C7H11FN2O3S/c1-3-6-4-7(8,10-5-9-6)13-14(2,11)12/h4-5H,3H2,1-2H3,(H,9,10). The summed E-state index contributed by atoms with van der Waals surface area (Å²) < 4.78 is 39.2. The van der Waals surface area contributed by atoms with Crippen LogP contribution in [0, 0.1) is 0 Å². The zero-order valence-electron chi connectivity index (χ0n) is 7.82. The van der Waals surface area contributed by atoms with Gasteiger partial charge < -0.3 is 5.32 Å². The van der Waals surface area contributed by atoms with Crippen LogP contribution in [0.4, 0.5) is 4.39 Å². The second-order valence-electron chi connectivity index (χ2n) is 2.82. The molecule has 1 heterocycles. The van der Waals surface area contributed by atoms with Gasteiger partial charge in [0.05, 0.1) is 12.6 Å². The number of aliphatic imine (C=N–C) groups is 1. The van der Waals surface area contributed by atoms with E-state index in [-0.39, 0.29) is 0 Å². The summed E-state index contributed by atoms with van der Waals surface area (Å²) in [7, 11) is -3.87. The Kier molecular flexibility index (Phi) is 2.91. The number of rotatable bonds is 3. The summed E-state index contributed by atoms with van der Waals surface area (Å²) in [5.41, 5.74) is 0.520. The zero-order chi connectivity index (χ0) is 10.8. The molecule has 0 amide bonds. The van der Waals surface area contributed by atoms with E-state index in [1.807, 2.05) is 0 Å². The fraction of sp³-hybridized carbons (Fsp3) is 0.571. The summed E-state index contributed by atoms with van der Waals surface area (Å²) in [4.78, 5) is 3.26. The highest BCUT2D eigenvalue weighted by molar-refractivity contribution is 7.86. The second-order valence-corrected chi connectivity index (χ2v) is 4.40. The van der Waals surface area contributed by atoms with Crippen LogP contribution >= 0.6 is 0 Å². The highest BCUT2D eigenvalue weighted by Gasteiger charge is 2.33. The van der Waals surface area contributed by atoms with Gasteiger partial charge in [0.1, 0.15) is 0 Å². The van der Waals surface area contributed by atoms with E-state index in [0.29, 0.717) is 12.1 Å². The molecule has 0 aromatic rings. The summed E-state index contributed by atoms with van der Waals surface area (Å²) in [5.74, 6) is -2.61. The van der Waals surface area contributed by atoms with Gasteiger partial charge in [-0.05, 0) is 6.42 Å². The first-order valence-corrected chi connectivity index (χ1v) is 5.78. The van der Waals surface area contributed by atoms with Crippen LogP contribution in [-0.2, 0) is 14.3 Å². The molecule has 1 N–H and O–H groups in total. The topological polar surface area (TPSA) is 67.8 Å². The predicted molar refractivity (Wildman–Crippen MR) is 49.8 cm³/mol. The van der Waals surface area contributed by atoms with E-state index in [1.165, 1.54) is 0 Å². The van der Waals surface area contributed by atoms with E-state index in [9.17, 15) is 12.8 Å². The lowest BCUT2D eigenvalue weighted by Gasteiger charge is -2.20. The first-order valence-electron chi connectivity index (χ1n) is 3.96. The maximum Gasteiger partial charge on any atom is 0.344 e. The van der Waals surface area contributed by atoms with Crippen molar-refractivity contribution < 1.29 is 17.0 Å². The van der Waals surface area contributed by atoms with Gasteiger partial charge in [0.2, 0.25) is 0 Å². The molecule has 0 fully saturated rings. The van der Waals surface area contributed by atoms with E-state index in [4.69, 9.17) is 0 Å². The third kappa shape index (κ3) is 3.08. The lowest BCUT2D eigenvalue weighted by Crippen LogP contribution is -2.32. The maximum absolute atomic E-state index is 13.6. The van der Waals surface area contributed by atoms with Crippen LogP contribution in [0.5, 0.6) is 0 Å². The Morgan fingerprint density at radius 2 is 2.36 bits per heavy atom. The third-order valence-corrected chi connectivity index (χ3v) is 2.03. The van der Waals surface area contributed by atoms with Crippen LogP contribution < -0.4 is 5.32 Å². The Hall–Kier alpha value is -0.950. The van der Waals surface area contributed by atoms with Crippen LogP contribution in [-0.4, -0.2) is 27.0 Å². The monoisotopic (exact) mass is 222 g/mol. The normalized spacial score (nSPS) is 26.9. The van der Waals surface area contributed by atoms with Gasteiger partial charge in [0.25, 0.3) is 10.1 Å². The Labute approximate surface area is 81.8 Å². The van der Waals surface area contributed by atoms with Crippen LogP contribution in [0.15, 0.2) is 16.8 Å². The van der Waals surface area contributed by atoms with Crippen molar-refractivity contribution >= 4 is 16.5 Å². The fourth-order valence-corrected chi connectivity index (χ4v) is 1.47. The molecule has 0 aromatic carbocycles. The van der Waals surface area contributed by atoms with Crippen LogP contribution in [0.25, 0.3) is 0 Å². The van der Waals surface area contributed by atoms with Gasteiger partial charge in [-0.15, -0.1) is 0 Å². The van der Waals surface area contributed by atoms with Crippen molar-refractivity contribution in [3.05, 3.63) is 11.8 Å². The Balaban J connectivity index is 2.89. The number of nitrogens with one attached hydrogen (secondary N) is 1. The van der Waals surface area contributed by atoms with Gasteiger partial charge in [-0.25, -0.2) is 9.18 Å². The second kappa shape index (κ2) is 3.66. The molecule has 0 saturated carbocycles. The van der Waals surface area contributed by atoms with Crippen LogP contribution in [0.3, 0.4) is 0 Å². The van der Waals surface area contributed by atoms with Gasteiger partial charge in [-0.2, -0.15) is 12.8 Å². The largest absolute Gasteiger partial charge is 0.350 e. The predicted octanol–water partition coefficient (Wildman–Crippen LogP) is 0.511. The van der Waals surface area contributed by atoms with Gasteiger partial charge >= 0.3 is 5.98 Å². The molecule has 0 saturated heterocycles. The smallest absolute Gasteiger partial charge is 0.344 e. The van der Waals surface area contributed by atoms with Gasteiger partial charge in [-0.3, -0.25) is 0 Å². The van der Waals surface area contributed by atoms with Crippen molar-refractivity contribution in [2.24, 2.45) is 4.99 Å². The average molecular weight is 222 g/mol. The minimum Gasteiger partial charge on any atom is -0.350 e. The Bertz CT molecular complexity index is 376. The quantitative estimate of drug-likeness (QED) is 0.558. The molecule has 1 unspecified atom stereocenters. The van der Waals surface area contributed by atoms with Crippen molar-refractivity contribution in [3.63, 3.8) is 0 Å². The van der Waals surface area contributed by atoms with E-state index in [2.05, 4.69) is 14.5 Å². The summed E-state index contributed by atoms with van der Waals surface area (Å²) in [6, 6.07) is 0. The van der Waals surface area contributed by atoms with Gasteiger partial charge in [0.15, 0.2) is 0 Å². The molecule has 0 aliphatic carbocycles. The number of allylic oxidation sites excluding steroid dienone is 1. The molecule has 0 aromatic heterocycles. The highest BCUT2D eigenvalue weighted by atomic mass is 32.2. The molecule has 1 rings (SSSR count). The van der Waals surface area contributed by atoms with Gasteiger partial charge in [0, 0.05) is 11.8 Å².